The lowest BCUT2D eigenvalue weighted by Gasteiger charge is -2.14. The normalized spacial score (nSPS) is 12.4. The zero-order valence-electron chi connectivity index (χ0n) is 11.2. The molecule has 0 aliphatic heterocycles. The van der Waals surface area contributed by atoms with E-state index in [-0.39, 0.29) is 0 Å². The van der Waals surface area contributed by atoms with Crippen LogP contribution in [0.3, 0.4) is 0 Å². The van der Waals surface area contributed by atoms with Gasteiger partial charge in [0.2, 0.25) is 0 Å². The number of aryl methyl sites for hydroxylation is 2. The number of thioether (sulfide) groups is 1. The summed E-state index contributed by atoms with van der Waals surface area (Å²) in [5.41, 5.74) is 2.44. The monoisotopic (exact) mass is 267 g/mol. The Morgan fingerprint density at radius 2 is 2.17 bits per heavy atom. The van der Waals surface area contributed by atoms with Gasteiger partial charge in [0.1, 0.15) is 6.04 Å². The molecule has 1 unspecified atom stereocenters. The molecule has 2 N–H and O–H groups in total. The summed E-state index contributed by atoms with van der Waals surface area (Å²) in [5, 5.41) is 12.2. The molecule has 0 saturated carbocycles. The molecule has 1 aromatic carbocycles. The van der Waals surface area contributed by atoms with Gasteiger partial charge < -0.3 is 10.4 Å². The van der Waals surface area contributed by atoms with Crippen LogP contribution in [0.2, 0.25) is 0 Å². The Hall–Kier alpha value is -1.00. The van der Waals surface area contributed by atoms with Crippen LogP contribution in [0.15, 0.2) is 23.1 Å². The zero-order chi connectivity index (χ0) is 13.5. The van der Waals surface area contributed by atoms with Crippen LogP contribution in [0.4, 0.5) is 0 Å². The molecule has 100 valence electrons. The zero-order valence-corrected chi connectivity index (χ0v) is 12.0. The van der Waals surface area contributed by atoms with Crippen molar-refractivity contribution in [1.29, 1.82) is 0 Å². The number of aliphatic carboxylic acids is 1. The van der Waals surface area contributed by atoms with Crippen molar-refractivity contribution in [2.75, 3.05) is 12.3 Å². The molecule has 0 fully saturated rings. The number of carboxylic acid groups (broad SMARTS) is 1. The fraction of sp³-hybridized carbons (Fsp3) is 0.500. The van der Waals surface area contributed by atoms with Crippen LogP contribution in [0.25, 0.3) is 0 Å². The fourth-order valence-electron chi connectivity index (χ4n) is 1.67. The Labute approximate surface area is 113 Å². The molecule has 0 aliphatic carbocycles. The van der Waals surface area contributed by atoms with Crippen molar-refractivity contribution in [1.82, 2.24) is 5.32 Å². The van der Waals surface area contributed by atoms with Crippen LogP contribution in [0, 0.1) is 13.8 Å². The number of carbonyl (C=O) groups is 1. The topological polar surface area (TPSA) is 49.3 Å². The molecular weight excluding hydrogens is 246 g/mol. The first kappa shape index (κ1) is 15.1. The first-order valence-corrected chi connectivity index (χ1v) is 7.19. The Morgan fingerprint density at radius 3 is 2.72 bits per heavy atom. The quantitative estimate of drug-likeness (QED) is 0.746. The third-order valence-corrected chi connectivity index (χ3v) is 3.94. The fourth-order valence-corrected chi connectivity index (χ4v) is 2.73. The predicted molar refractivity (Wildman–Crippen MR) is 76.4 cm³/mol. The molecule has 0 spiro atoms. The number of hydrogen-bond acceptors (Lipinski definition) is 3. The van der Waals surface area contributed by atoms with Crippen LogP contribution >= 0.6 is 11.8 Å². The van der Waals surface area contributed by atoms with E-state index in [4.69, 9.17) is 5.11 Å². The van der Waals surface area contributed by atoms with Crippen LogP contribution in [-0.4, -0.2) is 29.4 Å². The van der Waals surface area contributed by atoms with Crippen molar-refractivity contribution in [2.24, 2.45) is 0 Å². The van der Waals surface area contributed by atoms with Gasteiger partial charge in [-0.25, -0.2) is 0 Å². The van der Waals surface area contributed by atoms with Crippen LogP contribution in [-0.2, 0) is 4.79 Å². The van der Waals surface area contributed by atoms with E-state index in [1.165, 1.54) is 11.1 Å². The van der Waals surface area contributed by atoms with Gasteiger partial charge in [-0.1, -0.05) is 24.6 Å². The summed E-state index contributed by atoms with van der Waals surface area (Å²) in [7, 11) is 0. The molecule has 0 saturated heterocycles. The van der Waals surface area contributed by atoms with Crippen LogP contribution in [0.1, 0.15) is 24.5 Å². The first-order chi connectivity index (χ1) is 8.54. The molecule has 0 bridgehead atoms. The van der Waals surface area contributed by atoms with Crippen LogP contribution in [0.5, 0.6) is 0 Å². The molecule has 0 aliphatic rings. The lowest BCUT2D eigenvalue weighted by Crippen LogP contribution is -2.39. The number of benzene rings is 1. The minimum absolute atomic E-state index is 0.476. The standard InChI is InChI=1S/C14H21NO2S/c1-4-7-15-12(14(16)17)9-18-13-6-5-10(2)8-11(13)3/h5-6,8,12,15H,4,7,9H2,1-3H3,(H,16,17). The SMILES string of the molecule is CCCNC(CSc1ccc(C)cc1C)C(=O)O. The van der Waals surface area contributed by atoms with Crippen LogP contribution < -0.4 is 5.32 Å². The summed E-state index contributed by atoms with van der Waals surface area (Å²) in [6.07, 6.45) is 0.942. The van der Waals surface area contributed by atoms with E-state index < -0.39 is 12.0 Å². The van der Waals surface area contributed by atoms with Gasteiger partial charge in [-0.05, 0) is 38.4 Å². The highest BCUT2D eigenvalue weighted by atomic mass is 32.2. The number of nitrogens with one attached hydrogen (secondary N) is 1. The third-order valence-electron chi connectivity index (χ3n) is 2.67. The lowest BCUT2D eigenvalue weighted by atomic mass is 10.2. The molecule has 3 nitrogen and oxygen atoms in total. The minimum Gasteiger partial charge on any atom is -0.480 e. The Bertz CT molecular complexity index is 407. The van der Waals surface area contributed by atoms with Crippen molar-refractivity contribution < 1.29 is 9.90 Å². The van der Waals surface area contributed by atoms with E-state index in [1.54, 1.807) is 11.8 Å². The van der Waals surface area contributed by atoms with Crippen molar-refractivity contribution in [3.05, 3.63) is 29.3 Å². The first-order valence-electron chi connectivity index (χ1n) is 6.20. The maximum atomic E-state index is 11.1. The second kappa shape index (κ2) is 7.44. The maximum Gasteiger partial charge on any atom is 0.321 e. The lowest BCUT2D eigenvalue weighted by molar-refractivity contribution is -0.138. The Morgan fingerprint density at radius 1 is 1.44 bits per heavy atom. The molecule has 1 atom stereocenters. The largest absolute Gasteiger partial charge is 0.480 e. The van der Waals surface area contributed by atoms with Crippen molar-refractivity contribution in [3.8, 4) is 0 Å². The van der Waals surface area contributed by atoms with Crippen molar-refractivity contribution in [2.45, 2.75) is 38.1 Å². The minimum atomic E-state index is -0.777. The highest BCUT2D eigenvalue weighted by molar-refractivity contribution is 7.99. The molecule has 0 amide bonds. The highest BCUT2D eigenvalue weighted by Gasteiger charge is 2.16. The molecule has 1 rings (SSSR count). The molecule has 1 aromatic rings. The summed E-state index contributed by atoms with van der Waals surface area (Å²) in [6, 6.07) is 5.77. The van der Waals surface area contributed by atoms with E-state index in [0.717, 1.165) is 17.9 Å². The average molecular weight is 267 g/mol. The van der Waals surface area contributed by atoms with Gasteiger partial charge in [0.15, 0.2) is 0 Å². The summed E-state index contributed by atoms with van der Waals surface area (Å²) >= 11 is 1.60. The van der Waals surface area contributed by atoms with E-state index in [0.29, 0.717) is 5.75 Å². The van der Waals surface area contributed by atoms with Gasteiger partial charge >= 0.3 is 5.97 Å². The van der Waals surface area contributed by atoms with E-state index in [9.17, 15) is 4.79 Å². The highest BCUT2D eigenvalue weighted by Crippen LogP contribution is 2.23. The smallest absolute Gasteiger partial charge is 0.321 e. The predicted octanol–water partition coefficient (Wildman–Crippen LogP) is 2.85. The van der Waals surface area contributed by atoms with Gasteiger partial charge in [-0.3, -0.25) is 4.79 Å². The van der Waals surface area contributed by atoms with Gasteiger partial charge in [0.05, 0.1) is 0 Å². The van der Waals surface area contributed by atoms with Crippen molar-refractivity contribution >= 4 is 17.7 Å². The number of hydrogen-bond donors (Lipinski definition) is 2. The van der Waals surface area contributed by atoms with Gasteiger partial charge in [0, 0.05) is 10.6 Å². The van der Waals surface area contributed by atoms with Crippen molar-refractivity contribution in [3.63, 3.8) is 0 Å². The molecular formula is C14H21NO2S. The van der Waals surface area contributed by atoms with E-state index >= 15 is 0 Å². The Kier molecular flexibility index (Phi) is 6.22. The second-order valence-corrected chi connectivity index (χ2v) is 5.49. The third kappa shape index (κ3) is 4.70. The van der Waals surface area contributed by atoms with Gasteiger partial charge in [-0.2, -0.15) is 0 Å². The van der Waals surface area contributed by atoms with Gasteiger partial charge in [-0.15, -0.1) is 11.8 Å². The maximum absolute atomic E-state index is 11.1. The molecule has 18 heavy (non-hydrogen) atoms. The van der Waals surface area contributed by atoms with E-state index in [2.05, 4.69) is 37.4 Å². The molecule has 4 heteroatoms. The summed E-state index contributed by atoms with van der Waals surface area (Å²) in [5.74, 6) is -0.222. The molecule has 0 aromatic heterocycles. The number of carboxylic acids is 1. The molecule has 0 radical (unpaired) electrons. The molecule has 0 heterocycles. The summed E-state index contributed by atoms with van der Waals surface area (Å²) < 4.78 is 0. The van der Waals surface area contributed by atoms with Gasteiger partial charge in [0.25, 0.3) is 0 Å². The van der Waals surface area contributed by atoms with E-state index in [1.807, 2.05) is 6.92 Å². The number of rotatable bonds is 7. The summed E-state index contributed by atoms with van der Waals surface area (Å²) in [4.78, 5) is 12.2. The summed E-state index contributed by atoms with van der Waals surface area (Å²) in [6.45, 7) is 6.89. The average Bonchev–Trinajstić information content (AvgIpc) is 2.31. The Balaban J connectivity index is 2.58. The second-order valence-electron chi connectivity index (χ2n) is 4.42.